The average molecular weight is 538 g/mol. The summed E-state index contributed by atoms with van der Waals surface area (Å²) in [5, 5.41) is 35.5. The van der Waals surface area contributed by atoms with Crippen molar-refractivity contribution < 1.29 is 39.3 Å². The van der Waals surface area contributed by atoms with Crippen LogP contribution in [0.25, 0.3) is 0 Å². The Morgan fingerprint density at radius 1 is 0.842 bits per heavy atom. The molecule has 4 unspecified atom stereocenters. The number of hydrogen-bond donors (Lipinski definition) is 8. The first-order valence-electron chi connectivity index (χ1n) is 12.4. The number of aliphatic carboxylic acids is 2. The van der Waals surface area contributed by atoms with E-state index in [1.54, 1.807) is 26.0 Å². The number of carboxylic acids is 2. The van der Waals surface area contributed by atoms with E-state index in [1.165, 1.54) is 12.1 Å². The zero-order valence-corrected chi connectivity index (χ0v) is 21.7. The first-order valence-corrected chi connectivity index (χ1v) is 12.4. The van der Waals surface area contributed by atoms with Gasteiger partial charge in [0.2, 0.25) is 17.7 Å². The number of nitrogens with two attached hydrogens (primary N) is 2. The minimum atomic E-state index is -1.23. The van der Waals surface area contributed by atoms with Crippen LogP contribution in [0.4, 0.5) is 0 Å². The van der Waals surface area contributed by atoms with Gasteiger partial charge in [-0.25, -0.2) is 4.79 Å². The molecule has 13 nitrogen and oxygen atoms in total. The highest BCUT2D eigenvalue weighted by atomic mass is 16.4. The van der Waals surface area contributed by atoms with E-state index in [4.69, 9.17) is 16.6 Å². The van der Waals surface area contributed by atoms with Crippen molar-refractivity contribution in [3.05, 3.63) is 29.8 Å². The van der Waals surface area contributed by atoms with Crippen molar-refractivity contribution >= 4 is 29.7 Å². The molecule has 0 heterocycles. The Labute approximate surface area is 221 Å². The number of carboxylic acid groups (broad SMARTS) is 2. The number of rotatable bonds is 17. The van der Waals surface area contributed by atoms with Crippen molar-refractivity contribution in [3.8, 4) is 5.75 Å². The quantitative estimate of drug-likeness (QED) is 0.118. The smallest absolute Gasteiger partial charge is 0.326 e. The van der Waals surface area contributed by atoms with Gasteiger partial charge in [-0.3, -0.25) is 19.2 Å². The highest BCUT2D eigenvalue weighted by molar-refractivity contribution is 5.94. The SMILES string of the molecule is CC(C)C(NC(=O)C(N)CCC(=O)O)C(=O)NC(Cc1ccc(O)cc1)C(=O)NC(CCCCN)C(=O)O. The predicted molar refractivity (Wildman–Crippen MR) is 138 cm³/mol. The molecule has 0 aliphatic carbocycles. The van der Waals surface area contributed by atoms with Gasteiger partial charge >= 0.3 is 11.9 Å². The maximum Gasteiger partial charge on any atom is 0.326 e. The van der Waals surface area contributed by atoms with Gasteiger partial charge in [0.15, 0.2) is 0 Å². The van der Waals surface area contributed by atoms with Crippen molar-refractivity contribution in [2.45, 2.75) is 76.5 Å². The first kappa shape index (κ1) is 32.3. The summed E-state index contributed by atoms with van der Waals surface area (Å²) < 4.78 is 0. The molecule has 1 aromatic carbocycles. The summed E-state index contributed by atoms with van der Waals surface area (Å²) in [5.74, 6) is -4.92. The number of benzene rings is 1. The average Bonchev–Trinajstić information content (AvgIpc) is 2.85. The molecule has 10 N–H and O–H groups in total. The molecule has 0 fully saturated rings. The Morgan fingerprint density at radius 3 is 1.97 bits per heavy atom. The fraction of sp³-hybridized carbons (Fsp3) is 0.560. The van der Waals surface area contributed by atoms with Gasteiger partial charge in [0.1, 0.15) is 23.9 Å². The minimum Gasteiger partial charge on any atom is -0.508 e. The third-order valence-electron chi connectivity index (χ3n) is 5.82. The fourth-order valence-corrected chi connectivity index (χ4v) is 3.57. The van der Waals surface area contributed by atoms with Crippen LogP contribution in [0, 0.1) is 5.92 Å². The number of unbranched alkanes of at least 4 members (excludes halogenated alkanes) is 1. The highest BCUT2D eigenvalue weighted by Gasteiger charge is 2.32. The van der Waals surface area contributed by atoms with Crippen LogP contribution in [0.1, 0.15) is 51.5 Å². The highest BCUT2D eigenvalue weighted by Crippen LogP contribution is 2.13. The molecular formula is C25H39N5O8. The van der Waals surface area contributed by atoms with Gasteiger partial charge in [-0.05, 0) is 55.8 Å². The summed E-state index contributed by atoms with van der Waals surface area (Å²) in [6.07, 6.45) is 0.739. The monoisotopic (exact) mass is 537 g/mol. The standard InChI is InChI=1S/C25H39N5O8/c1-14(2)21(30-22(34)17(27)10-11-20(32)33)24(36)29-19(13-15-6-8-16(31)9-7-15)23(35)28-18(25(37)38)5-3-4-12-26/h6-9,14,17-19,21,31H,3-5,10-13,26-27H2,1-2H3,(H,28,35)(H,29,36)(H,30,34)(H,32,33)(H,37,38). The predicted octanol–water partition coefficient (Wildman–Crippen LogP) is -0.549. The van der Waals surface area contributed by atoms with Crippen LogP contribution < -0.4 is 27.4 Å². The number of hydrogen-bond acceptors (Lipinski definition) is 8. The second kappa shape index (κ2) is 16.2. The van der Waals surface area contributed by atoms with E-state index in [2.05, 4.69) is 16.0 Å². The van der Waals surface area contributed by atoms with Crippen LogP contribution in [0.3, 0.4) is 0 Å². The normalized spacial score (nSPS) is 14.1. The first-order chi connectivity index (χ1) is 17.8. The lowest BCUT2D eigenvalue weighted by molar-refractivity contribution is -0.142. The molecule has 0 saturated heterocycles. The van der Waals surface area contributed by atoms with Gasteiger partial charge < -0.3 is 42.7 Å². The van der Waals surface area contributed by atoms with E-state index in [0.717, 1.165) is 0 Å². The van der Waals surface area contributed by atoms with Gasteiger partial charge in [0, 0.05) is 12.8 Å². The van der Waals surface area contributed by atoms with Gasteiger partial charge in [-0.1, -0.05) is 26.0 Å². The van der Waals surface area contributed by atoms with Crippen LogP contribution in [0.15, 0.2) is 24.3 Å². The van der Waals surface area contributed by atoms with E-state index in [0.29, 0.717) is 24.9 Å². The maximum absolute atomic E-state index is 13.2. The Balaban J connectivity index is 3.08. The lowest BCUT2D eigenvalue weighted by Crippen LogP contribution is -2.58. The molecule has 0 spiro atoms. The molecule has 0 aliphatic rings. The second-order valence-electron chi connectivity index (χ2n) is 9.38. The van der Waals surface area contributed by atoms with Gasteiger partial charge in [-0.2, -0.15) is 0 Å². The third kappa shape index (κ3) is 11.6. The summed E-state index contributed by atoms with van der Waals surface area (Å²) in [7, 11) is 0. The fourth-order valence-electron chi connectivity index (χ4n) is 3.57. The Bertz CT molecular complexity index is 954. The van der Waals surface area contributed by atoms with Crippen molar-refractivity contribution in [3.63, 3.8) is 0 Å². The zero-order valence-electron chi connectivity index (χ0n) is 21.7. The molecule has 212 valence electrons. The molecule has 0 radical (unpaired) electrons. The molecule has 4 atom stereocenters. The van der Waals surface area contributed by atoms with Crippen molar-refractivity contribution in [2.24, 2.45) is 17.4 Å². The molecule has 0 bridgehead atoms. The van der Waals surface area contributed by atoms with E-state index in [-0.39, 0.29) is 31.4 Å². The minimum absolute atomic E-state index is 0.00598. The van der Waals surface area contributed by atoms with Gasteiger partial charge in [0.25, 0.3) is 0 Å². The summed E-state index contributed by atoms with van der Waals surface area (Å²) >= 11 is 0. The molecule has 38 heavy (non-hydrogen) atoms. The number of phenols is 1. The van der Waals surface area contributed by atoms with E-state index in [1.807, 2.05) is 0 Å². The van der Waals surface area contributed by atoms with Crippen LogP contribution in [0.5, 0.6) is 5.75 Å². The second-order valence-corrected chi connectivity index (χ2v) is 9.38. The molecule has 1 rings (SSSR count). The van der Waals surface area contributed by atoms with Crippen molar-refractivity contribution in [1.82, 2.24) is 16.0 Å². The Morgan fingerprint density at radius 2 is 1.45 bits per heavy atom. The third-order valence-corrected chi connectivity index (χ3v) is 5.82. The van der Waals surface area contributed by atoms with Crippen LogP contribution in [-0.2, 0) is 30.4 Å². The number of phenolic OH excluding ortho intramolecular Hbond substituents is 1. The molecule has 0 aliphatic heterocycles. The maximum atomic E-state index is 13.2. The zero-order chi connectivity index (χ0) is 28.8. The molecule has 0 saturated carbocycles. The molecular weight excluding hydrogens is 498 g/mol. The number of aromatic hydroxyl groups is 1. The summed E-state index contributed by atoms with van der Waals surface area (Å²) in [5.41, 5.74) is 11.8. The number of carbonyl (C=O) groups excluding carboxylic acids is 3. The topological polar surface area (TPSA) is 234 Å². The van der Waals surface area contributed by atoms with Crippen molar-refractivity contribution in [2.75, 3.05) is 6.54 Å². The van der Waals surface area contributed by atoms with E-state index < -0.39 is 59.7 Å². The molecule has 13 heteroatoms. The molecule has 0 aromatic heterocycles. The lowest BCUT2D eigenvalue weighted by Gasteiger charge is -2.27. The van der Waals surface area contributed by atoms with E-state index in [9.17, 15) is 34.2 Å². The Hall–Kier alpha value is -3.71. The lowest BCUT2D eigenvalue weighted by atomic mass is 9.99. The summed E-state index contributed by atoms with van der Waals surface area (Å²) in [4.78, 5) is 61.3. The van der Waals surface area contributed by atoms with Crippen LogP contribution in [-0.4, -0.2) is 75.7 Å². The number of nitrogens with one attached hydrogen (secondary N) is 3. The van der Waals surface area contributed by atoms with Crippen LogP contribution >= 0.6 is 0 Å². The Kier molecular flexibility index (Phi) is 13.8. The van der Waals surface area contributed by atoms with Crippen molar-refractivity contribution in [1.29, 1.82) is 0 Å². The van der Waals surface area contributed by atoms with Gasteiger partial charge in [0.05, 0.1) is 6.04 Å². The van der Waals surface area contributed by atoms with E-state index >= 15 is 0 Å². The summed E-state index contributed by atoms with van der Waals surface area (Å²) in [6.45, 7) is 3.71. The molecule has 1 aromatic rings. The van der Waals surface area contributed by atoms with Crippen LogP contribution in [0.2, 0.25) is 0 Å². The molecule has 3 amide bonds. The summed E-state index contributed by atoms with van der Waals surface area (Å²) in [6, 6.07) is 1.28. The largest absolute Gasteiger partial charge is 0.508 e. The van der Waals surface area contributed by atoms with Gasteiger partial charge in [-0.15, -0.1) is 0 Å². The number of amides is 3. The number of carbonyl (C=O) groups is 5.